The summed E-state index contributed by atoms with van der Waals surface area (Å²) in [6.45, 7) is 5.15. The molecular formula is C24H29F2N7. The van der Waals surface area contributed by atoms with Crippen molar-refractivity contribution >= 4 is 34.5 Å². The van der Waals surface area contributed by atoms with E-state index < -0.39 is 5.92 Å². The van der Waals surface area contributed by atoms with Gasteiger partial charge < -0.3 is 16.0 Å². The molecule has 0 unspecified atom stereocenters. The summed E-state index contributed by atoms with van der Waals surface area (Å²) in [5, 5.41) is 3.30. The van der Waals surface area contributed by atoms with Crippen molar-refractivity contribution < 1.29 is 8.78 Å². The number of pyridine rings is 2. The highest BCUT2D eigenvalue weighted by Crippen LogP contribution is 2.26. The molecule has 0 radical (unpaired) electrons. The van der Waals surface area contributed by atoms with Gasteiger partial charge in [-0.2, -0.15) is 0 Å². The van der Waals surface area contributed by atoms with E-state index in [1.165, 1.54) is 11.8 Å². The second-order valence-electron chi connectivity index (χ2n) is 8.66. The van der Waals surface area contributed by atoms with Gasteiger partial charge in [-0.05, 0) is 42.2 Å². The highest BCUT2D eigenvalue weighted by Gasteiger charge is 2.43. The van der Waals surface area contributed by atoms with Crippen LogP contribution in [0.15, 0.2) is 47.9 Å². The summed E-state index contributed by atoms with van der Waals surface area (Å²) in [6.07, 6.45) is 7.63. The molecule has 1 fully saturated rings. The maximum Gasteiger partial charge on any atom is 0.272 e. The van der Waals surface area contributed by atoms with Crippen LogP contribution in [-0.2, 0) is 0 Å². The zero-order valence-electron chi connectivity index (χ0n) is 18.9. The lowest BCUT2D eigenvalue weighted by Crippen LogP contribution is -2.56. The molecule has 7 nitrogen and oxygen atoms in total. The first-order chi connectivity index (χ1) is 15.8. The van der Waals surface area contributed by atoms with Crippen molar-refractivity contribution in [2.24, 2.45) is 10.7 Å². The summed E-state index contributed by atoms with van der Waals surface area (Å²) < 4.78 is 25.7. The van der Waals surface area contributed by atoms with Gasteiger partial charge in [0.15, 0.2) is 0 Å². The first-order valence-corrected chi connectivity index (χ1v) is 11.1. The van der Waals surface area contributed by atoms with Crippen LogP contribution >= 0.6 is 0 Å². The van der Waals surface area contributed by atoms with Crippen molar-refractivity contribution in [1.82, 2.24) is 19.9 Å². The Kier molecular flexibility index (Phi) is 6.69. The Balaban J connectivity index is 1.39. The van der Waals surface area contributed by atoms with E-state index >= 15 is 0 Å². The first-order valence-electron chi connectivity index (χ1n) is 11.1. The van der Waals surface area contributed by atoms with Gasteiger partial charge in [-0.1, -0.05) is 13.8 Å². The molecule has 0 aliphatic carbocycles. The van der Waals surface area contributed by atoms with Crippen molar-refractivity contribution in [1.29, 1.82) is 0 Å². The number of aromatic nitrogens is 3. The molecule has 1 saturated heterocycles. The number of alkyl halides is 2. The average molecular weight is 454 g/mol. The quantitative estimate of drug-likeness (QED) is 0.327. The lowest BCUT2D eigenvalue weighted by atomic mass is 10.1. The topological polar surface area (TPSA) is 95.2 Å². The van der Waals surface area contributed by atoms with Gasteiger partial charge in [0.05, 0.1) is 24.1 Å². The fraction of sp³-hybridized carbons (Fsp3) is 0.375. The van der Waals surface area contributed by atoms with Crippen LogP contribution in [0.1, 0.15) is 37.3 Å². The number of hydrogen-bond acceptors (Lipinski definition) is 6. The molecule has 0 saturated carbocycles. The second kappa shape index (κ2) is 9.66. The van der Waals surface area contributed by atoms with Gasteiger partial charge in [-0.3, -0.25) is 14.9 Å². The minimum atomic E-state index is -2.52. The Hall–Kier alpha value is -3.33. The number of likely N-dealkylation sites (tertiary alicyclic amines) is 1. The first kappa shape index (κ1) is 22.8. The van der Waals surface area contributed by atoms with E-state index in [1.807, 2.05) is 24.4 Å². The normalized spacial score (nSPS) is 16.6. The summed E-state index contributed by atoms with van der Waals surface area (Å²) in [4.78, 5) is 18.5. The fourth-order valence-corrected chi connectivity index (χ4v) is 3.72. The molecule has 0 atom stereocenters. The lowest BCUT2D eigenvalue weighted by Gasteiger charge is -2.38. The minimum absolute atomic E-state index is 0.153. The number of H-pyrrole nitrogens is 1. The molecule has 1 aliphatic heterocycles. The van der Waals surface area contributed by atoms with Crippen molar-refractivity contribution in [3.8, 4) is 0 Å². The zero-order valence-corrected chi connectivity index (χ0v) is 18.9. The van der Waals surface area contributed by atoms with Crippen LogP contribution in [0, 0.1) is 0 Å². The number of fused-ring (bicyclic) bond motifs is 1. The SMILES string of the molecule is CC(C)c1c[nH]c(Nc2ccc3ncc(C(C=NCCCN4CC(F)(F)C4)=CN)cc3n2)c1. The summed E-state index contributed by atoms with van der Waals surface area (Å²) in [7, 11) is 0. The molecule has 3 aromatic heterocycles. The van der Waals surface area contributed by atoms with Crippen LogP contribution in [0.25, 0.3) is 16.6 Å². The lowest BCUT2D eigenvalue weighted by molar-refractivity contribution is -0.130. The number of halogens is 2. The standard InChI is InChI=1S/C24H29F2N7/c1-16(2)17-9-23(30-12-17)32-22-5-4-20-21(31-22)8-18(13-29-20)19(10-27)11-28-6-3-7-33-14-24(25,26)15-33/h4-5,8-13,16,30H,3,6-7,14-15,27H2,1-2H3,(H,31,32). The third-order valence-corrected chi connectivity index (χ3v) is 5.59. The van der Waals surface area contributed by atoms with Gasteiger partial charge >= 0.3 is 0 Å². The van der Waals surface area contributed by atoms with Crippen LogP contribution < -0.4 is 11.1 Å². The number of nitrogens with two attached hydrogens (primary N) is 1. The smallest absolute Gasteiger partial charge is 0.272 e. The van der Waals surface area contributed by atoms with E-state index in [4.69, 9.17) is 5.73 Å². The molecule has 33 heavy (non-hydrogen) atoms. The molecule has 0 amide bonds. The summed E-state index contributed by atoms with van der Waals surface area (Å²) in [6, 6.07) is 7.80. The van der Waals surface area contributed by atoms with Crippen molar-refractivity contribution in [2.75, 3.05) is 31.5 Å². The number of hydrogen-bond donors (Lipinski definition) is 3. The van der Waals surface area contributed by atoms with Crippen LogP contribution in [0.4, 0.5) is 20.4 Å². The van der Waals surface area contributed by atoms with E-state index in [0.717, 1.165) is 28.0 Å². The van der Waals surface area contributed by atoms with Crippen LogP contribution in [-0.4, -0.2) is 58.2 Å². The maximum absolute atomic E-state index is 12.9. The number of anilines is 2. The Morgan fingerprint density at radius 3 is 2.82 bits per heavy atom. The molecule has 4 heterocycles. The van der Waals surface area contributed by atoms with Gasteiger partial charge in [-0.25, -0.2) is 13.8 Å². The largest absolute Gasteiger partial charge is 0.404 e. The highest BCUT2D eigenvalue weighted by atomic mass is 19.3. The van der Waals surface area contributed by atoms with Crippen LogP contribution in [0.5, 0.6) is 0 Å². The molecule has 1 aliphatic rings. The number of rotatable bonds is 9. The third kappa shape index (κ3) is 5.73. The van der Waals surface area contributed by atoms with E-state index in [9.17, 15) is 8.78 Å². The van der Waals surface area contributed by atoms with E-state index in [2.05, 4.69) is 45.2 Å². The minimum Gasteiger partial charge on any atom is -0.404 e. The predicted octanol–water partition coefficient (Wildman–Crippen LogP) is 4.54. The van der Waals surface area contributed by atoms with Crippen molar-refractivity contribution in [3.63, 3.8) is 0 Å². The van der Waals surface area contributed by atoms with Crippen LogP contribution in [0.3, 0.4) is 0 Å². The molecule has 0 bridgehead atoms. The summed E-state index contributed by atoms with van der Waals surface area (Å²) in [5.41, 5.74) is 10.1. The molecule has 174 valence electrons. The van der Waals surface area contributed by atoms with Gasteiger partial charge in [0, 0.05) is 49.0 Å². The molecule has 9 heteroatoms. The van der Waals surface area contributed by atoms with Crippen molar-refractivity contribution in [2.45, 2.75) is 32.1 Å². The molecule has 0 spiro atoms. The highest BCUT2D eigenvalue weighted by molar-refractivity contribution is 6.10. The monoisotopic (exact) mass is 453 g/mol. The Morgan fingerprint density at radius 2 is 2.12 bits per heavy atom. The van der Waals surface area contributed by atoms with Crippen molar-refractivity contribution in [3.05, 3.63) is 54.0 Å². The van der Waals surface area contributed by atoms with Crippen LogP contribution in [0.2, 0.25) is 0 Å². The number of aromatic amines is 1. The number of nitrogens with one attached hydrogen (secondary N) is 2. The molecular weight excluding hydrogens is 424 g/mol. The molecule has 4 rings (SSSR count). The average Bonchev–Trinajstić information content (AvgIpc) is 3.23. The van der Waals surface area contributed by atoms with Gasteiger partial charge in [0.2, 0.25) is 0 Å². The van der Waals surface area contributed by atoms with E-state index in [1.54, 1.807) is 17.3 Å². The van der Waals surface area contributed by atoms with Gasteiger partial charge in [0.1, 0.15) is 11.6 Å². The number of allylic oxidation sites excluding steroid dienone is 1. The Labute approximate surface area is 191 Å². The second-order valence-corrected chi connectivity index (χ2v) is 8.66. The molecule has 4 N–H and O–H groups in total. The third-order valence-electron chi connectivity index (χ3n) is 5.59. The Morgan fingerprint density at radius 1 is 1.30 bits per heavy atom. The van der Waals surface area contributed by atoms with Gasteiger partial charge in [0.25, 0.3) is 5.92 Å². The number of aliphatic imine (C=N–C) groups is 1. The summed E-state index contributed by atoms with van der Waals surface area (Å²) >= 11 is 0. The zero-order chi connectivity index (χ0) is 23.4. The molecule has 0 aromatic carbocycles. The van der Waals surface area contributed by atoms with E-state index in [-0.39, 0.29) is 13.1 Å². The predicted molar refractivity (Wildman–Crippen MR) is 129 cm³/mol. The maximum atomic E-state index is 12.9. The van der Waals surface area contributed by atoms with E-state index in [0.29, 0.717) is 31.2 Å². The Bertz CT molecular complexity index is 1160. The fourth-order valence-electron chi connectivity index (χ4n) is 3.72. The number of nitrogens with zero attached hydrogens (tertiary/aromatic N) is 4. The van der Waals surface area contributed by atoms with Gasteiger partial charge in [-0.15, -0.1) is 0 Å². The molecule has 3 aromatic rings. The summed E-state index contributed by atoms with van der Waals surface area (Å²) in [5.74, 6) is -0.492.